The molecule has 0 saturated heterocycles. The molecule has 0 spiro atoms. The van der Waals surface area contributed by atoms with E-state index >= 15 is 0 Å². The molecule has 1 heterocycles. The third kappa shape index (κ3) is 3.22. The highest BCUT2D eigenvalue weighted by molar-refractivity contribution is 5.80. The Morgan fingerprint density at radius 1 is 1.40 bits per heavy atom. The predicted octanol–water partition coefficient (Wildman–Crippen LogP) is 1.01. The van der Waals surface area contributed by atoms with Crippen LogP contribution in [-0.4, -0.2) is 21.3 Å². The number of benzene rings is 1. The largest absolute Gasteiger partial charge is 0.481 e. The molecule has 0 radical (unpaired) electrons. The summed E-state index contributed by atoms with van der Waals surface area (Å²) >= 11 is 0. The van der Waals surface area contributed by atoms with E-state index in [2.05, 4.69) is 10.2 Å². The summed E-state index contributed by atoms with van der Waals surface area (Å²) in [5.74, 6) is -0.833. The van der Waals surface area contributed by atoms with Crippen LogP contribution < -0.4 is 5.56 Å². The number of rotatable bonds is 0. The fraction of sp³-hybridized carbons (Fsp3) is 0.100. The number of hydrogen-bond donors (Lipinski definition) is 2. The molecular weight excluding hydrogens is 196 g/mol. The third-order valence-electron chi connectivity index (χ3n) is 1.58. The second kappa shape index (κ2) is 4.90. The van der Waals surface area contributed by atoms with Crippen molar-refractivity contribution in [3.05, 3.63) is 40.8 Å². The van der Waals surface area contributed by atoms with E-state index in [-0.39, 0.29) is 5.56 Å². The minimum Gasteiger partial charge on any atom is -0.481 e. The van der Waals surface area contributed by atoms with Crippen molar-refractivity contribution >= 4 is 16.7 Å². The molecule has 15 heavy (non-hydrogen) atoms. The van der Waals surface area contributed by atoms with Gasteiger partial charge in [-0.25, -0.2) is 5.10 Å². The van der Waals surface area contributed by atoms with Crippen LogP contribution in [0.4, 0.5) is 0 Å². The van der Waals surface area contributed by atoms with E-state index in [4.69, 9.17) is 9.90 Å². The van der Waals surface area contributed by atoms with Gasteiger partial charge in [0, 0.05) is 17.7 Å². The molecule has 1 aromatic heterocycles. The lowest BCUT2D eigenvalue weighted by atomic mass is 10.2. The van der Waals surface area contributed by atoms with Gasteiger partial charge in [0.1, 0.15) is 0 Å². The van der Waals surface area contributed by atoms with Crippen LogP contribution in [0, 0.1) is 0 Å². The van der Waals surface area contributed by atoms with Gasteiger partial charge in [0.2, 0.25) is 0 Å². The first kappa shape index (κ1) is 10.9. The molecule has 2 N–H and O–H groups in total. The van der Waals surface area contributed by atoms with Crippen LogP contribution in [0.25, 0.3) is 10.8 Å². The first-order chi connectivity index (χ1) is 7.11. The number of aromatic nitrogens is 2. The van der Waals surface area contributed by atoms with Crippen molar-refractivity contribution in [1.82, 2.24) is 10.2 Å². The number of carbonyl (C=O) groups is 1. The monoisotopic (exact) mass is 206 g/mol. The standard InChI is InChI=1S/C8H6N2O.C2H4O2/c11-8-7-4-2-1-3-6(7)5-9-10-8;1-2(3)4/h1-5H,(H,10,11);1H3,(H,3,4). The average molecular weight is 206 g/mol. The number of hydrogen-bond acceptors (Lipinski definition) is 3. The Bertz CT molecular complexity index is 510. The molecule has 2 aromatic rings. The van der Waals surface area contributed by atoms with Gasteiger partial charge in [-0.2, -0.15) is 5.10 Å². The number of fused-ring (bicyclic) bond motifs is 1. The van der Waals surface area contributed by atoms with E-state index < -0.39 is 5.97 Å². The number of aliphatic carboxylic acids is 1. The summed E-state index contributed by atoms with van der Waals surface area (Å²) in [5.41, 5.74) is -0.136. The van der Waals surface area contributed by atoms with Crippen molar-refractivity contribution in [2.75, 3.05) is 0 Å². The average Bonchev–Trinajstić information content (AvgIpc) is 2.18. The second-order valence-corrected chi connectivity index (χ2v) is 2.81. The molecule has 1 aromatic carbocycles. The number of nitrogens with one attached hydrogen (secondary N) is 1. The Kier molecular flexibility index (Phi) is 3.56. The second-order valence-electron chi connectivity index (χ2n) is 2.81. The molecule has 0 unspecified atom stereocenters. The van der Waals surface area contributed by atoms with E-state index in [1.807, 2.05) is 18.2 Å². The van der Waals surface area contributed by atoms with Gasteiger partial charge in [0.25, 0.3) is 11.5 Å². The van der Waals surface area contributed by atoms with Crippen LogP contribution in [-0.2, 0) is 4.79 Å². The minimum atomic E-state index is -0.833. The first-order valence-electron chi connectivity index (χ1n) is 4.23. The summed E-state index contributed by atoms with van der Waals surface area (Å²) in [6.07, 6.45) is 1.64. The van der Waals surface area contributed by atoms with Crippen molar-refractivity contribution in [3.8, 4) is 0 Å². The van der Waals surface area contributed by atoms with E-state index in [0.29, 0.717) is 5.39 Å². The van der Waals surface area contributed by atoms with Crippen LogP contribution in [0.5, 0.6) is 0 Å². The van der Waals surface area contributed by atoms with Crippen molar-refractivity contribution in [2.45, 2.75) is 6.92 Å². The number of H-pyrrole nitrogens is 1. The Morgan fingerprint density at radius 3 is 2.60 bits per heavy atom. The molecule has 2 rings (SSSR count). The van der Waals surface area contributed by atoms with Crippen molar-refractivity contribution in [3.63, 3.8) is 0 Å². The van der Waals surface area contributed by atoms with E-state index in [1.165, 1.54) is 0 Å². The van der Waals surface area contributed by atoms with Crippen LogP contribution >= 0.6 is 0 Å². The quantitative estimate of drug-likeness (QED) is 0.673. The predicted molar refractivity (Wildman–Crippen MR) is 55.7 cm³/mol. The highest BCUT2D eigenvalue weighted by Gasteiger charge is 1.93. The van der Waals surface area contributed by atoms with E-state index in [0.717, 1.165) is 12.3 Å². The van der Waals surface area contributed by atoms with Gasteiger partial charge in [0.15, 0.2) is 0 Å². The molecule has 0 fully saturated rings. The topological polar surface area (TPSA) is 83.0 Å². The van der Waals surface area contributed by atoms with E-state index in [1.54, 1.807) is 12.3 Å². The molecule has 0 bridgehead atoms. The fourth-order valence-corrected chi connectivity index (χ4v) is 1.04. The lowest BCUT2D eigenvalue weighted by Crippen LogP contribution is -2.06. The molecule has 0 atom stereocenters. The van der Waals surface area contributed by atoms with Crippen molar-refractivity contribution < 1.29 is 9.90 Å². The van der Waals surface area contributed by atoms with Gasteiger partial charge in [-0.3, -0.25) is 9.59 Å². The maximum absolute atomic E-state index is 11.1. The fourth-order valence-electron chi connectivity index (χ4n) is 1.04. The normalized spacial score (nSPS) is 9.13. The van der Waals surface area contributed by atoms with Crippen molar-refractivity contribution in [1.29, 1.82) is 0 Å². The summed E-state index contributed by atoms with van der Waals surface area (Å²) in [4.78, 5) is 20.1. The third-order valence-corrected chi connectivity index (χ3v) is 1.58. The zero-order valence-electron chi connectivity index (χ0n) is 8.10. The highest BCUT2D eigenvalue weighted by atomic mass is 16.4. The number of carboxylic acid groups (broad SMARTS) is 1. The maximum atomic E-state index is 11.1. The molecule has 5 nitrogen and oxygen atoms in total. The van der Waals surface area contributed by atoms with Gasteiger partial charge in [-0.05, 0) is 6.07 Å². The Hall–Kier alpha value is -2.17. The zero-order chi connectivity index (χ0) is 11.3. The number of aromatic amines is 1. The van der Waals surface area contributed by atoms with Gasteiger partial charge < -0.3 is 5.11 Å². The molecular formula is C10H10N2O3. The minimum absolute atomic E-state index is 0.136. The lowest BCUT2D eigenvalue weighted by molar-refractivity contribution is -0.134. The number of nitrogens with zero attached hydrogens (tertiary/aromatic N) is 1. The van der Waals surface area contributed by atoms with Crippen molar-refractivity contribution in [2.24, 2.45) is 0 Å². The summed E-state index contributed by atoms with van der Waals surface area (Å²) in [5, 5.41) is 15.0. The lowest BCUT2D eigenvalue weighted by Gasteiger charge is -1.91. The zero-order valence-corrected chi connectivity index (χ0v) is 8.10. The summed E-state index contributed by atoms with van der Waals surface area (Å²) in [6.45, 7) is 1.08. The Morgan fingerprint density at radius 2 is 2.00 bits per heavy atom. The smallest absolute Gasteiger partial charge is 0.300 e. The summed E-state index contributed by atoms with van der Waals surface area (Å²) in [6, 6.07) is 7.34. The van der Waals surface area contributed by atoms with Gasteiger partial charge in [-0.1, -0.05) is 18.2 Å². The van der Waals surface area contributed by atoms with Crippen LogP contribution in [0.2, 0.25) is 0 Å². The van der Waals surface area contributed by atoms with Gasteiger partial charge in [0.05, 0.1) is 6.20 Å². The van der Waals surface area contributed by atoms with Gasteiger partial charge in [-0.15, -0.1) is 0 Å². The first-order valence-corrected chi connectivity index (χ1v) is 4.23. The molecule has 0 aliphatic carbocycles. The molecule has 0 amide bonds. The SMILES string of the molecule is CC(=O)O.O=c1[nH]ncc2ccccc12. The van der Waals surface area contributed by atoms with Crippen LogP contribution in [0.3, 0.4) is 0 Å². The molecule has 0 aliphatic heterocycles. The number of carboxylic acids is 1. The van der Waals surface area contributed by atoms with Gasteiger partial charge >= 0.3 is 0 Å². The molecule has 78 valence electrons. The molecule has 5 heteroatoms. The van der Waals surface area contributed by atoms with E-state index in [9.17, 15) is 4.79 Å². The molecule has 0 saturated carbocycles. The summed E-state index contributed by atoms with van der Waals surface area (Å²) in [7, 11) is 0. The van der Waals surface area contributed by atoms with Crippen LogP contribution in [0.1, 0.15) is 6.92 Å². The molecule has 0 aliphatic rings. The Labute approximate surface area is 85.4 Å². The maximum Gasteiger partial charge on any atom is 0.300 e. The van der Waals surface area contributed by atoms with Crippen LogP contribution in [0.15, 0.2) is 35.3 Å². The Balaban J connectivity index is 0.000000245. The highest BCUT2D eigenvalue weighted by Crippen LogP contribution is 2.04. The summed E-state index contributed by atoms with van der Waals surface area (Å²) < 4.78 is 0.